The van der Waals surface area contributed by atoms with Crippen molar-refractivity contribution in [2.75, 3.05) is 0 Å². The second-order valence-corrected chi connectivity index (χ2v) is 7.37. The standard InChI is InChI=1S/C18H20Cl2O2/c1-11-10-12(8-9-15(11)21)18(22,17(2,3)4)16-13(19)6-5-7-14(16)20/h5-10,21-22H,1-4H3. The zero-order valence-corrected chi connectivity index (χ0v) is 14.6. The maximum absolute atomic E-state index is 11.6. The summed E-state index contributed by atoms with van der Waals surface area (Å²) in [6, 6.07) is 10.2. The second kappa shape index (κ2) is 5.77. The van der Waals surface area contributed by atoms with E-state index in [1.54, 1.807) is 43.3 Å². The van der Waals surface area contributed by atoms with Gasteiger partial charge in [-0.2, -0.15) is 0 Å². The van der Waals surface area contributed by atoms with E-state index in [9.17, 15) is 10.2 Å². The summed E-state index contributed by atoms with van der Waals surface area (Å²) in [7, 11) is 0. The summed E-state index contributed by atoms with van der Waals surface area (Å²) < 4.78 is 0. The lowest BCUT2D eigenvalue weighted by molar-refractivity contribution is -0.0258. The minimum atomic E-state index is -1.39. The Balaban J connectivity index is 2.82. The van der Waals surface area contributed by atoms with E-state index < -0.39 is 11.0 Å². The van der Waals surface area contributed by atoms with Crippen molar-refractivity contribution in [2.45, 2.75) is 33.3 Å². The van der Waals surface area contributed by atoms with Crippen LogP contribution < -0.4 is 0 Å². The maximum Gasteiger partial charge on any atom is 0.122 e. The van der Waals surface area contributed by atoms with Crippen LogP contribution in [0.25, 0.3) is 0 Å². The van der Waals surface area contributed by atoms with Gasteiger partial charge >= 0.3 is 0 Å². The number of aryl methyl sites for hydroxylation is 1. The van der Waals surface area contributed by atoms with E-state index in [0.29, 0.717) is 26.7 Å². The number of phenols is 1. The van der Waals surface area contributed by atoms with Crippen molar-refractivity contribution in [3.63, 3.8) is 0 Å². The molecule has 0 spiro atoms. The maximum atomic E-state index is 11.6. The van der Waals surface area contributed by atoms with Gasteiger partial charge in [0.1, 0.15) is 11.4 Å². The number of halogens is 2. The van der Waals surface area contributed by atoms with E-state index in [0.717, 1.165) is 0 Å². The first-order valence-corrected chi connectivity index (χ1v) is 7.81. The predicted molar refractivity (Wildman–Crippen MR) is 91.8 cm³/mol. The molecule has 0 radical (unpaired) electrons. The summed E-state index contributed by atoms with van der Waals surface area (Å²) in [5.74, 6) is 0.185. The molecule has 4 heteroatoms. The topological polar surface area (TPSA) is 40.5 Å². The van der Waals surface area contributed by atoms with Gasteiger partial charge in [0.15, 0.2) is 0 Å². The third-order valence-electron chi connectivity index (χ3n) is 4.02. The summed E-state index contributed by atoms with van der Waals surface area (Å²) >= 11 is 12.7. The van der Waals surface area contributed by atoms with E-state index in [1.807, 2.05) is 20.8 Å². The highest BCUT2D eigenvalue weighted by Crippen LogP contribution is 2.49. The number of phenolic OH excluding ortho intramolecular Hbond substituents is 1. The van der Waals surface area contributed by atoms with E-state index in [2.05, 4.69) is 0 Å². The fourth-order valence-corrected chi connectivity index (χ4v) is 3.35. The molecule has 0 saturated carbocycles. The van der Waals surface area contributed by atoms with Gasteiger partial charge in [-0.15, -0.1) is 0 Å². The van der Waals surface area contributed by atoms with Crippen LogP contribution in [0.2, 0.25) is 10.0 Å². The van der Waals surface area contributed by atoms with Crippen molar-refractivity contribution >= 4 is 23.2 Å². The Hall–Kier alpha value is -1.22. The molecule has 22 heavy (non-hydrogen) atoms. The molecule has 2 aromatic carbocycles. The van der Waals surface area contributed by atoms with E-state index in [4.69, 9.17) is 23.2 Å². The molecule has 0 aliphatic carbocycles. The van der Waals surface area contributed by atoms with Crippen LogP contribution in [0.1, 0.15) is 37.5 Å². The van der Waals surface area contributed by atoms with Crippen LogP contribution >= 0.6 is 23.2 Å². The van der Waals surface area contributed by atoms with Gasteiger partial charge in [-0.25, -0.2) is 0 Å². The third kappa shape index (κ3) is 2.71. The number of hydrogen-bond acceptors (Lipinski definition) is 2. The molecular formula is C18H20Cl2O2. The Morgan fingerprint density at radius 2 is 1.50 bits per heavy atom. The van der Waals surface area contributed by atoms with Crippen LogP contribution in [0.5, 0.6) is 5.75 Å². The molecule has 1 unspecified atom stereocenters. The zero-order valence-electron chi connectivity index (χ0n) is 13.1. The fourth-order valence-electron chi connectivity index (χ4n) is 2.68. The summed E-state index contributed by atoms with van der Waals surface area (Å²) in [5.41, 5.74) is -0.143. The number of rotatable bonds is 2. The van der Waals surface area contributed by atoms with Gasteiger partial charge in [-0.05, 0) is 47.7 Å². The number of benzene rings is 2. The molecule has 0 aromatic heterocycles. The summed E-state index contributed by atoms with van der Waals surface area (Å²) in [6.07, 6.45) is 0. The predicted octanol–water partition coefficient (Wildman–Crippen LogP) is 5.29. The SMILES string of the molecule is Cc1cc(C(O)(c2c(Cl)cccc2Cl)C(C)(C)C)ccc1O. The summed E-state index contributed by atoms with van der Waals surface area (Å²) in [6.45, 7) is 7.56. The first-order valence-electron chi connectivity index (χ1n) is 7.06. The van der Waals surface area contributed by atoms with Crippen LogP contribution in [0.4, 0.5) is 0 Å². The molecule has 2 aromatic rings. The average molecular weight is 339 g/mol. The number of hydrogen-bond donors (Lipinski definition) is 2. The van der Waals surface area contributed by atoms with Crippen LogP contribution in [0, 0.1) is 12.3 Å². The minimum absolute atomic E-state index is 0.185. The molecule has 2 rings (SSSR count). The Labute approximate surface area is 141 Å². The Morgan fingerprint density at radius 1 is 0.955 bits per heavy atom. The van der Waals surface area contributed by atoms with Crippen LogP contribution in [-0.4, -0.2) is 10.2 Å². The molecule has 0 aliphatic rings. The Morgan fingerprint density at radius 3 is 1.95 bits per heavy atom. The van der Waals surface area contributed by atoms with Crippen LogP contribution in [0.3, 0.4) is 0 Å². The lowest BCUT2D eigenvalue weighted by atomic mass is 9.68. The average Bonchev–Trinajstić information content (AvgIpc) is 2.40. The van der Waals surface area contributed by atoms with Crippen molar-refractivity contribution in [3.8, 4) is 5.75 Å². The van der Waals surface area contributed by atoms with Crippen LogP contribution in [-0.2, 0) is 5.60 Å². The smallest absolute Gasteiger partial charge is 0.122 e. The molecule has 0 fully saturated rings. The molecule has 118 valence electrons. The molecule has 0 saturated heterocycles. The molecule has 2 N–H and O–H groups in total. The van der Waals surface area contributed by atoms with Gasteiger partial charge in [0.2, 0.25) is 0 Å². The Bertz CT molecular complexity index is 684. The van der Waals surface area contributed by atoms with Gasteiger partial charge in [0.05, 0.1) is 0 Å². The Kier molecular flexibility index (Phi) is 4.49. The monoisotopic (exact) mass is 338 g/mol. The van der Waals surface area contributed by atoms with Crippen molar-refractivity contribution in [3.05, 3.63) is 63.1 Å². The van der Waals surface area contributed by atoms with Crippen molar-refractivity contribution in [1.82, 2.24) is 0 Å². The van der Waals surface area contributed by atoms with E-state index in [1.165, 1.54) is 0 Å². The minimum Gasteiger partial charge on any atom is -0.508 e. The van der Waals surface area contributed by atoms with Crippen LogP contribution in [0.15, 0.2) is 36.4 Å². The van der Waals surface area contributed by atoms with Crippen molar-refractivity contribution in [2.24, 2.45) is 5.41 Å². The first kappa shape index (κ1) is 17.1. The summed E-state index contributed by atoms with van der Waals surface area (Å²) in [4.78, 5) is 0. The van der Waals surface area contributed by atoms with Crippen molar-refractivity contribution < 1.29 is 10.2 Å². The molecule has 0 heterocycles. The van der Waals surface area contributed by atoms with Gasteiger partial charge in [0.25, 0.3) is 0 Å². The molecule has 0 bridgehead atoms. The van der Waals surface area contributed by atoms with Gasteiger partial charge in [-0.3, -0.25) is 0 Å². The third-order valence-corrected chi connectivity index (χ3v) is 4.65. The molecule has 1 atom stereocenters. The zero-order chi connectivity index (χ0) is 16.7. The van der Waals surface area contributed by atoms with E-state index >= 15 is 0 Å². The number of aromatic hydroxyl groups is 1. The van der Waals surface area contributed by atoms with Gasteiger partial charge < -0.3 is 10.2 Å². The van der Waals surface area contributed by atoms with Crippen molar-refractivity contribution in [1.29, 1.82) is 0 Å². The normalized spacial score (nSPS) is 14.7. The molecule has 0 amide bonds. The largest absolute Gasteiger partial charge is 0.508 e. The quantitative estimate of drug-likeness (QED) is 0.780. The highest BCUT2D eigenvalue weighted by Gasteiger charge is 2.46. The van der Waals surface area contributed by atoms with Gasteiger partial charge in [0, 0.05) is 15.6 Å². The molecular weight excluding hydrogens is 319 g/mol. The lowest BCUT2D eigenvalue weighted by Gasteiger charge is -2.42. The van der Waals surface area contributed by atoms with Gasteiger partial charge in [-0.1, -0.05) is 56.1 Å². The van der Waals surface area contributed by atoms with E-state index in [-0.39, 0.29) is 5.75 Å². The second-order valence-electron chi connectivity index (χ2n) is 6.56. The fraction of sp³-hybridized carbons (Fsp3) is 0.333. The first-order chi connectivity index (χ1) is 10.1. The highest BCUT2D eigenvalue weighted by atomic mass is 35.5. The highest BCUT2D eigenvalue weighted by molar-refractivity contribution is 6.36. The lowest BCUT2D eigenvalue weighted by Crippen LogP contribution is -2.41. The molecule has 0 aliphatic heterocycles. The summed E-state index contributed by atoms with van der Waals surface area (Å²) in [5, 5.41) is 22.2. The molecule has 2 nitrogen and oxygen atoms in total. The number of aliphatic hydroxyl groups is 1.